The van der Waals surface area contributed by atoms with E-state index >= 15 is 0 Å². The molecular formula is C18H12BrCl2NO2. The largest absolute Gasteiger partial charge is 0.492 e. The Balaban J connectivity index is 2.34. The van der Waals surface area contributed by atoms with Gasteiger partial charge in [-0.3, -0.25) is 4.79 Å². The molecule has 2 aromatic rings. The molecule has 0 saturated carbocycles. The summed E-state index contributed by atoms with van der Waals surface area (Å²) in [6.45, 7) is 0.208. The van der Waals surface area contributed by atoms with Crippen LogP contribution in [0.2, 0.25) is 10.0 Å². The molecule has 0 spiro atoms. The molecule has 2 aromatic carbocycles. The number of nitrogens with zero attached hydrogens (tertiary/aromatic N) is 1. The van der Waals surface area contributed by atoms with Crippen molar-refractivity contribution in [3.63, 3.8) is 0 Å². The van der Waals surface area contributed by atoms with Gasteiger partial charge in [0.05, 0.1) is 23.1 Å². The van der Waals surface area contributed by atoms with Crippen LogP contribution in [0.15, 0.2) is 34.8 Å². The Bertz CT molecular complexity index is 828. The van der Waals surface area contributed by atoms with Gasteiger partial charge in [0, 0.05) is 9.50 Å². The number of carbonyl (C=O) groups is 1. The molecular weight excluding hydrogens is 413 g/mol. The molecule has 0 heterocycles. The number of ether oxygens (including phenoxy) is 1. The molecule has 6 heteroatoms. The van der Waals surface area contributed by atoms with Gasteiger partial charge in [-0.05, 0) is 45.3 Å². The number of hydrogen-bond donors (Lipinski definition) is 0. The molecule has 0 aliphatic carbocycles. The van der Waals surface area contributed by atoms with Gasteiger partial charge in [-0.15, -0.1) is 0 Å². The van der Waals surface area contributed by atoms with Crippen LogP contribution < -0.4 is 4.74 Å². The van der Waals surface area contributed by atoms with Gasteiger partial charge in [0.15, 0.2) is 6.29 Å². The number of rotatable bonds is 6. The zero-order valence-corrected chi connectivity index (χ0v) is 15.5. The van der Waals surface area contributed by atoms with Crippen molar-refractivity contribution in [1.29, 1.82) is 5.26 Å². The van der Waals surface area contributed by atoms with Crippen molar-refractivity contribution in [1.82, 2.24) is 0 Å². The number of halogens is 3. The maximum atomic E-state index is 11.1. The molecule has 3 nitrogen and oxygen atoms in total. The third-order valence-corrected chi connectivity index (χ3v) is 4.79. The van der Waals surface area contributed by atoms with E-state index in [2.05, 4.69) is 15.9 Å². The van der Waals surface area contributed by atoms with Gasteiger partial charge in [-0.25, -0.2) is 0 Å². The molecule has 0 bridgehead atoms. The molecule has 0 N–H and O–H groups in total. The van der Waals surface area contributed by atoms with Crippen LogP contribution in [0.5, 0.6) is 5.75 Å². The Morgan fingerprint density at radius 1 is 1.17 bits per heavy atom. The first-order valence-electron chi connectivity index (χ1n) is 6.97. The second kappa shape index (κ2) is 8.89. The van der Waals surface area contributed by atoms with Crippen molar-refractivity contribution in [3.05, 3.63) is 61.5 Å². The molecule has 0 unspecified atom stereocenters. The van der Waals surface area contributed by atoms with Crippen LogP contribution in [0.3, 0.4) is 0 Å². The molecule has 0 atom stereocenters. The zero-order valence-electron chi connectivity index (χ0n) is 12.4. The van der Waals surface area contributed by atoms with Crippen molar-refractivity contribution in [2.45, 2.75) is 6.42 Å². The summed E-state index contributed by atoms with van der Waals surface area (Å²) in [5, 5.41) is 9.60. The molecule has 24 heavy (non-hydrogen) atoms. The van der Waals surface area contributed by atoms with Gasteiger partial charge in [0.2, 0.25) is 0 Å². The van der Waals surface area contributed by atoms with E-state index in [9.17, 15) is 4.79 Å². The number of carbonyl (C=O) groups excluding carboxylic acids is 1. The third-order valence-electron chi connectivity index (χ3n) is 3.15. The fraction of sp³-hybridized carbons (Fsp3) is 0.111. The summed E-state index contributed by atoms with van der Waals surface area (Å²) in [5.41, 5.74) is 1.86. The molecule has 0 aliphatic heterocycles. The highest BCUT2D eigenvalue weighted by molar-refractivity contribution is 9.10. The Kier molecular flexibility index (Phi) is 6.86. The van der Waals surface area contributed by atoms with E-state index in [-0.39, 0.29) is 13.0 Å². The summed E-state index contributed by atoms with van der Waals surface area (Å²) in [4.78, 5) is 11.1. The van der Waals surface area contributed by atoms with E-state index in [1.54, 1.807) is 18.2 Å². The smallest absolute Gasteiger partial charge is 0.153 e. The van der Waals surface area contributed by atoms with Gasteiger partial charge in [0.1, 0.15) is 12.4 Å². The topological polar surface area (TPSA) is 50.1 Å². The number of hydrogen-bond acceptors (Lipinski definition) is 3. The number of nitriles is 1. The van der Waals surface area contributed by atoms with Crippen LogP contribution >= 0.6 is 39.1 Å². The average molecular weight is 425 g/mol. The molecule has 0 saturated heterocycles. The van der Waals surface area contributed by atoms with Crippen LogP contribution in [0.4, 0.5) is 0 Å². The van der Waals surface area contributed by atoms with E-state index < -0.39 is 0 Å². The summed E-state index contributed by atoms with van der Waals surface area (Å²) in [6.07, 6.45) is 4.53. The summed E-state index contributed by atoms with van der Waals surface area (Å²) in [5.74, 6) is 0.393. The van der Waals surface area contributed by atoms with E-state index in [0.29, 0.717) is 33.2 Å². The van der Waals surface area contributed by atoms with Gasteiger partial charge in [0.25, 0.3) is 0 Å². The minimum Gasteiger partial charge on any atom is -0.492 e. The van der Waals surface area contributed by atoms with Crippen LogP contribution in [0.25, 0.3) is 12.2 Å². The fourth-order valence-corrected chi connectivity index (χ4v) is 2.77. The van der Waals surface area contributed by atoms with Crippen LogP contribution in [-0.4, -0.2) is 12.9 Å². The Morgan fingerprint density at radius 3 is 2.62 bits per heavy atom. The lowest BCUT2D eigenvalue weighted by molar-refractivity contribution is 0.111. The van der Waals surface area contributed by atoms with Crippen LogP contribution in [-0.2, 0) is 0 Å². The molecule has 0 aromatic heterocycles. The fourth-order valence-electron chi connectivity index (χ4n) is 1.96. The molecule has 2 rings (SSSR count). The van der Waals surface area contributed by atoms with Gasteiger partial charge < -0.3 is 4.74 Å². The lowest BCUT2D eigenvalue weighted by Crippen LogP contribution is -1.99. The quantitative estimate of drug-likeness (QED) is 0.323. The molecule has 0 radical (unpaired) electrons. The second-order valence-corrected chi connectivity index (χ2v) is 6.40. The first-order chi connectivity index (χ1) is 11.6. The first-order valence-corrected chi connectivity index (χ1v) is 8.52. The zero-order chi connectivity index (χ0) is 17.5. The predicted molar refractivity (Wildman–Crippen MR) is 101 cm³/mol. The SMILES string of the molecule is N#CCCOc1cc(/C=C/c2cccc(Br)c2Cl)c(Cl)cc1C=O. The lowest BCUT2D eigenvalue weighted by Gasteiger charge is -2.09. The monoisotopic (exact) mass is 423 g/mol. The maximum absolute atomic E-state index is 11.1. The summed E-state index contributed by atoms with van der Waals surface area (Å²) in [6, 6.07) is 10.8. The summed E-state index contributed by atoms with van der Waals surface area (Å²) < 4.78 is 6.28. The van der Waals surface area contributed by atoms with E-state index in [0.717, 1.165) is 10.0 Å². The molecule has 0 aliphatic rings. The van der Waals surface area contributed by atoms with Crippen molar-refractivity contribution in [2.75, 3.05) is 6.61 Å². The highest BCUT2D eigenvalue weighted by atomic mass is 79.9. The van der Waals surface area contributed by atoms with Crippen molar-refractivity contribution < 1.29 is 9.53 Å². The lowest BCUT2D eigenvalue weighted by atomic mass is 10.1. The molecule has 122 valence electrons. The number of benzene rings is 2. The van der Waals surface area contributed by atoms with Crippen LogP contribution in [0, 0.1) is 11.3 Å². The van der Waals surface area contributed by atoms with Gasteiger partial charge >= 0.3 is 0 Å². The standard InChI is InChI=1S/C18H12BrCl2NO2/c19-15-4-1-3-12(18(15)21)5-6-13-10-17(24-8-2-7-22)14(11-23)9-16(13)20/h1,3-6,9-11H,2,8H2/b6-5+. The highest BCUT2D eigenvalue weighted by Gasteiger charge is 2.09. The van der Waals surface area contributed by atoms with Gasteiger partial charge in [-0.1, -0.05) is 47.5 Å². The minimum atomic E-state index is 0.208. The van der Waals surface area contributed by atoms with Crippen molar-refractivity contribution in [3.8, 4) is 11.8 Å². The first kappa shape index (κ1) is 18.5. The predicted octanol–water partition coefficient (Wildman–Crippen LogP) is 6.03. The molecule has 0 fully saturated rings. The minimum absolute atomic E-state index is 0.208. The van der Waals surface area contributed by atoms with Crippen LogP contribution in [0.1, 0.15) is 27.9 Å². The average Bonchev–Trinajstić information content (AvgIpc) is 2.58. The Morgan fingerprint density at radius 2 is 1.92 bits per heavy atom. The van der Waals surface area contributed by atoms with Crippen molar-refractivity contribution in [2.24, 2.45) is 0 Å². The third kappa shape index (κ3) is 4.61. The summed E-state index contributed by atoms with van der Waals surface area (Å²) in [7, 11) is 0. The van der Waals surface area contributed by atoms with E-state index in [1.165, 1.54) is 0 Å². The van der Waals surface area contributed by atoms with E-state index in [4.69, 9.17) is 33.2 Å². The normalized spacial score (nSPS) is 10.6. The second-order valence-electron chi connectivity index (χ2n) is 4.76. The summed E-state index contributed by atoms with van der Waals surface area (Å²) >= 11 is 15.8. The molecule has 0 amide bonds. The maximum Gasteiger partial charge on any atom is 0.153 e. The van der Waals surface area contributed by atoms with Gasteiger partial charge in [-0.2, -0.15) is 5.26 Å². The highest BCUT2D eigenvalue weighted by Crippen LogP contribution is 2.30. The Labute approximate surface area is 158 Å². The number of aldehydes is 1. The van der Waals surface area contributed by atoms with E-state index in [1.807, 2.05) is 30.3 Å². The van der Waals surface area contributed by atoms with Crippen molar-refractivity contribution >= 4 is 57.6 Å². The Hall–Kier alpha value is -1.80.